The maximum absolute atomic E-state index is 13.4. The Morgan fingerprint density at radius 1 is 1.29 bits per heavy atom. The molecular weight excluding hydrogens is 461 g/mol. The van der Waals surface area contributed by atoms with Crippen molar-refractivity contribution in [2.75, 3.05) is 37.6 Å². The number of nitriles is 1. The van der Waals surface area contributed by atoms with Crippen LogP contribution < -0.4 is 10.2 Å². The van der Waals surface area contributed by atoms with E-state index in [-0.39, 0.29) is 22.8 Å². The number of aliphatic hydroxyl groups is 2. The number of carbonyl (C=O) groups is 2. The fraction of sp³-hybridized carbons (Fsp3) is 0.565. The van der Waals surface area contributed by atoms with E-state index < -0.39 is 29.8 Å². The van der Waals surface area contributed by atoms with Crippen molar-refractivity contribution in [3.8, 4) is 6.07 Å². The zero-order chi connectivity index (χ0) is 24.4. The molecule has 0 bridgehead atoms. The van der Waals surface area contributed by atoms with Crippen LogP contribution in [0.15, 0.2) is 23.2 Å². The molecule has 34 heavy (non-hydrogen) atoms. The van der Waals surface area contributed by atoms with E-state index in [0.717, 1.165) is 17.9 Å². The molecule has 4 atom stereocenters. The van der Waals surface area contributed by atoms with Crippen LogP contribution in [-0.4, -0.2) is 88.2 Å². The van der Waals surface area contributed by atoms with Crippen LogP contribution >= 0.6 is 11.8 Å². The Bertz CT molecular complexity index is 1020. The molecule has 11 heteroatoms. The third kappa shape index (κ3) is 5.19. The van der Waals surface area contributed by atoms with E-state index in [1.54, 1.807) is 17.8 Å². The van der Waals surface area contributed by atoms with Crippen LogP contribution in [0.5, 0.6) is 0 Å². The van der Waals surface area contributed by atoms with Crippen molar-refractivity contribution in [2.45, 2.75) is 43.3 Å². The zero-order valence-electron chi connectivity index (χ0n) is 18.9. The van der Waals surface area contributed by atoms with Gasteiger partial charge in [-0.05, 0) is 43.9 Å². The molecule has 1 aromatic carbocycles. The van der Waals surface area contributed by atoms with Gasteiger partial charge in [-0.25, -0.2) is 4.39 Å². The topological polar surface area (TPSA) is 129 Å². The molecule has 182 valence electrons. The molecule has 1 aromatic rings. The van der Waals surface area contributed by atoms with Gasteiger partial charge >= 0.3 is 0 Å². The summed E-state index contributed by atoms with van der Waals surface area (Å²) in [5.74, 6) is -1.75. The molecule has 2 unspecified atom stereocenters. The standard InChI is InChI=1S/C23H28FN5O4S/c1-13-27-17-11-29(12-19(17)34-13)23(33)21(31)20(30)22(32)26-10-14-4-6-28(7-5-14)18-3-2-16(24)8-15(18)9-25/h2-3,8,14,17,19-21,30-31H,4-7,10-12H2,1H3,(H,26,32)/t17?,19?,20-,21-/m1/s1. The summed E-state index contributed by atoms with van der Waals surface area (Å²) in [6, 6.07) is 6.17. The number of thioether (sulfide) groups is 1. The van der Waals surface area contributed by atoms with E-state index >= 15 is 0 Å². The van der Waals surface area contributed by atoms with Crippen molar-refractivity contribution >= 4 is 34.3 Å². The summed E-state index contributed by atoms with van der Waals surface area (Å²) in [5.41, 5.74) is 0.976. The first-order valence-corrected chi connectivity index (χ1v) is 12.2. The number of carbonyl (C=O) groups excluding carboxylic acids is 2. The first-order chi connectivity index (χ1) is 16.3. The summed E-state index contributed by atoms with van der Waals surface area (Å²) in [5, 5.41) is 33.6. The Hall–Kier alpha value is -2.68. The predicted molar refractivity (Wildman–Crippen MR) is 126 cm³/mol. The normalized spacial score (nSPS) is 24.3. The van der Waals surface area contributed by atoms with Gasteiger partial charge in [0.05, 0.1) is 27.6 Å². The molecule has 3 N–H and O–H groups in total. The largest absolute Gasteiger partial charge is 0.380 e. The molecule has 3 heterocycles. The van der Waals surface area contributed by atoms with Crippen LogP contribution in [0.4, 0.5) is 10.1 Å². The maximum atomic E-state index is 13.4. The number of aliphatic imine (C=N–C) groups is 1. The number of anilines is 1. The monoisotopic (exact) mass is 489 g/mol. The molecule has 9 nitrogen and oxygen atoms in total. The fourth-order valence-electron chi connectivity index (χ4n) is 4.73. The number of hydrogen-bond acceptors (Lipinski definition) is 8. The SMILES string of the molecule is CC1=NC2CN(C(=O)[C@H](O)[C@@H](O)C(=O)NCC3CCN(c4ccc(F)cc4C#N)CC3)CC2S1. The number of amides is 2. The van der Waals surface area contributed by atoms with Crippen molar-refractivity contribution in [2.24, 2.45) is 10.9 Å². The van der Waals surface area contributed by atoms with Gasteiger partial charge in [0.25, 0.3) is 11.8 Å². The van der Waals surface area contributed by atoms with Gasteiger partial charge in [-0.2, -0.15) is 5.26 Å². The number of piperidine rings is 1. The summed E-state index contributed by atoms with van der Waals surface area (Å²) < 4.78 is 13.4. The lowest BCUT2D eigenvalue weighted by molar-refractivity contribution is -0.152. The van der Waals surface area contributed by atoms with E-state index in [4.69, 9.17) is 0 Å². The van der Waals surface area contributed by atoms with E-state index in [1.807, 2.05) is 17.9 Å². The lowest BCUT2D eigenvalue weighted by atomic mass is 9.95. The Balaban J connectivity index is 1.23. The molecule has 0 spiro atoms. The summed E-state index contributed by atoms with van der Waals surface area (Å²) >= 11 is 1.61. The van der Waals surface area contributed by atoms with E-state index in [9.17, 15) is 29.5 Å². The van der Waals surface area contributed by atoms with Gasteiger partial charge in [-0.15, -0.1) is 11.8 Å². The van der Waals surface area contributed by atoms with Crippen molar-refractivity contribution in [1.82, 2.24) is 10.2 Å². The van der Waals surface area contributed by atoms with Crippen molar-refractivity contribution < 1.29 is 24.2 Å². The van der Waals surface area contributed by atoms with Crippen LogP contribution in [0, 0.1) is 23.1 Å². The highest BCUT2D eigenvalue weighted by atomic mass is 32.2. The number of hydrogen-bond donors (Lipinski definition) is 3. The zero-order valence-corrected chi connectivity index (χ0v) is 19.7. The summed E-state index contributed by atoms with van der Waals surface area (Å²) in [6.07, 6.45) is -2.20. The molecule has 2 fully saturated rings. The van der Waals surface area contributed by atoms with Gasteiger partial charge < -0.3 is 25.3 Å². The molecule has 0 saturated carbocycles. The van der Waals surface area contributed by atoms with E-state index in [0.29, 0.717) is 38.4 Å². The second-order valence-corrected chi connectivity index (χ2v) is 10.4. The molecule has 0 aromatic heterocycles. The van der Waals surface area contributed by atoms with Crippen molar-refractivity contribution in [3.05, 3.63) is 29.6 Å². The number of likely N-dealkylation sites (tertiary alicyclic amines) is 1. The first kappa shape index (κ1) is 24.4. The third-order valence-electron chi connectivity index (χ3n) is 6.64. The number of nitrogens with one attached hydrogen (secondary N) is 1. The Kier molecular flexibility index (Phi) is 7.40. The Morgan fingerprint density at radius 3 is 2.71 bits per heavy atom. The minimum absolute atomic E-state index is 0.00265. The van der Waals surface area contributed by atoms with Crippen LogP contribution in [0.1, 0.15) is 25.3 Å². The van der Waals surface area contributed by atoms with Crippen LogP contribution in [0.25, 0.3) is 0 Å². The average Bonchev–Trinajstić information content (AvgIpc) is 3.39. The minimum atomic E-state index is -1.84. The highest BCUT2D eigenvalue weighted by molar-refractivity contribution is 8.14. The smallest absolute Gasteiger partial charge is 0.254 e. The predicted octanol–water partition coefficient (Wildman–Crippen LogP) is 0.496. The van der Waals surface area contributed by atoms with Gasteiger partial charge in [0, 0.05) is 32.7 Å². The van der Waals surface area contributed by atoms with Gasteiger partial charge in [0.2, 0.25) is 0 Å². The number of fused-ring (bicyclic) bond motifs is 1. The molecular formula is C23H28FN5O4S. The quantitative estimate of drug-likeness (QED) is 0.531. The second kappa shape index (κ2) is 10.3. The molecule has 3 aliphatic heterocycles. The molecule has 3 aliphatic rings. The number of rotatable bonds is 6. The number of halogens is 1. The van der Waals surface area contributed by atoms with Crippen LogP contribution in [0.3, 0.4) is 0 Å². The summed E-state index contributed by atoms with van der Waals surface area (Å²) in [6.45, 7) is 4.31. The minimum Gasteiger partial charge on any atom is -0.380 e. The third-order valence-corrected chi connectivity index (χ3v) is 7.85. The van der Waals surface area contributed by atoms with Gasteiger partial charge in [-0.1, -0.05) is 0 Å². The second-order valence-electron chi connectivity index (χ2n) is 8.95. The van der Waals surface area contributed by atoms with Gasteiger partial charge in [0.1, 0.15) is 11.9 Å². The lowest BCUT2D eigenvalue weighted by Gasteiger charge is -2.34. The number of aliphatic hydroxyl groups excluding tert-OH is 2. The summed E-state index contributed by atoms with van der Waals surface area (Å²) in [4.78, 5) is 32.9. The summed E-state index contributed by atoms with van der Waals surface area (Å²) in [7, 11) is 0. The Morgan fingerprint density at radius 2 is 2.03 bits per heavy atom. The van der Waals surface area contributed by atoms with Gasteiger partial charge in [-0.3, -0.25) is 14.6 Å². The van der Waals surface area contributed by atoms with E-state index in [1.165, 1.54) is 17.0 Å². The number of benzene rings is 1. The van der Waals surface area contributed by atoms with Crippen molar-refractivity contribution in [3.63, 3.8) is 0 Å². The average molecular weight is 490 g/mol. The first-order valence-electron chi connectivity index (χ1n) is 11.3. The Labute approximate surface area is 201 Å². The fourth-order valence-corrected chi connectivity index (χ4v) is 5.92. The van der Waals surface area contributed by atoms with Crippen molar-refractivity contribution in [1.29, 1.82) is 5.26 Å². The number of nitrogens with zero attached hydrogens (tertiary/aromatic N) is 4. The van der Waals surface area contributed by atoms with Crippen LogP contribution in [0.2, 0.25) is 0 Å². The van der Waals surface area contributed by atoms with Crippen LogP contribution in [-0.2, 0) is 9.59 Å². The highest BCUT2D eigenvalue weighted by Gasteiger charge is 2.43. The molecule has 4 rings (SSSR count). The highest BCUT2D eigenvalue weighted by Crippen LogP contribution is 2.33. The van der Waals surface area contributed by atoms with Gasteiger partial charge in [0.15, 0.2) is 12.2 Å². The molecule has 2 saturated heterocycles. The molecule has 0 aliphatic carbocycles. The maximum Gasteiger partial charge on any atom is 0.254 e. The molecule has 0 radical (unpaired) electrons. The van der Waals surface area contributed by atoms with E-state index in [2.05, 4.69) is 10.3 Å². The molecule has 2 amide bonds. The lowest BCUT2D eigenvalue weighted by Crippen LogP contribution is -2.51.